The molecule has 2 aromatic heterocycles. The van der Waals surface area contributed by atoms with Crippen LogP contribution in [0.25, 0.3) is 10.2 Å². The molecule has 0 radical (unpaired) electrons. The zero-order chi connectivity index (χ0) is 15.7. The Morgan fingerprint density at radius 1 is 1.59 bits per heavy atom. The monoisotopic (exact) mass is 320 g/mol. The molecular formula is C16H24N4OS. The first kappa shape index (κ1) is 15.5. The summed E-state index contributed by atoms with van der Waals surface area (Å²) < 4.78 is 1.89. The molecule has 1 amide bonds. The van der Waals surface area contributed by atoms with Gasteiger partial charge in [-0.1, -0.05) is 13.8 Å². The van der Waals surface area contributed by atoms with Gasteiger partial charge in [0.15, 0.2) is 0 Å². The van der Waals surface area contributed by atoms with Gasteiger partial charge in [0.1, 0.15) is 4.83 Å². The van der Waals surface area contributed by atoms with Gasteiger partial charge < -0.3 is 10.6 Å². The molecule has 0 aliphatic carbocycles. The predicted octanol–water partition coefficient (Wildman–Crippen LogP) is 2.49. The molecule has 1 aliphatic heterocycles. The second-order valence-electron chi connectivity index (χ2n) is 6.42. The van der Waals surface area contributed by atoms with Crippen LogP contribution in [-0.2, 0) is 7.05 Å². The number of thiophene rings is 1. The molecule has 1 unspecified atom stereocenters. The third-order valence-electron chi connectivity index (χ3n) is 4.26. The molecule has 1 saturated heterocycles. The number of piperidine rings is 1. The molecule has 2 aromatic rings. The molecule has 1 fully saturated rings. The van der Waals surface area contributed by atoms with E-state index in [9.17, 15) is 4.79 Å². The van der Waals surface area contributed by atoms with Crippen LogP contribution in [0, 0.1) is 5.92 Å². The van der Waals surface area contributed by atoms with Crippen LogP contribution in [0.3, 0.4) is 0 Å². The Morgan fingerprint density at radius 3 is 3.09 bits per heavy atom. The van der Waals surface area contributed by atoms with Gasteiger partial charge in [-0.2, -0.15) is 5.10 Å². The summed E-state index contributed by atoms with van der Waals surface area (Å²) in [6.45, 7) is 7.14. The van der Waals surface area contributed by atoms with Gasteiger partial charge >= 0.3 is 0 Å². The zero-order valence-corrected chi connectivity index (χ0v) is 14.3. The maximum atomic E-state index is 12.4. The van der Waals surface area contributed by atoms with Crippen molar-refractivity contribution in [3.05, 3.63) is 16.6 Å². The highest BCUT2D eigenvalue weighted by atomic mass is 32.1. The number of rotatable bonds is 4. The van der Waals surface area contributed by atoms with E-state index in [2.05, 4.69) is 29.6 Å². The fourth-order valence-corrected chi connectivity index (χ4v) is 4.02. The summed E-state index contributed by atoms with van der Waals surface area (Å²) >= 11 is 1.53. The largest absolute Gasteiger partial charge is 0.351 e. The van der Waals surface area contributed by atoms with E-state index in [1.807, 2.05) is 17.8 Å². The van der Waals surface area contributed by atoms with Crippen molar-refractivity contribution in [2.75, 3.05) is 19.6 Å². The van der Waals surface area contributed by atoms with E-state index in [1.54, 1.807) is 0 Å². The first-order chi connectivity index (χ1) is 10.6. The van der Waals surface area contributed by atoms with Crippen molar-refractivity contribution >= 4 is 27.5 Å². The molecule has 5 nitrogen and oxygen atoms in total. The highest BCUT2D eigenvalue weighted by Gasteiger charge is 2.19. The minimum atomic E-state index is 0.0430. The Balaban J connectivity index is 1.72. The van der Waals surface area contributed by atoms with Crippen LogP contribution in [0.2, 0.25) is 0 Å². The first-order valence-corrected chi connectivity index (χ1v) is 8.83. The topological polar surface area (TPSA) is 59.0 Å². The number of carbonyl (C=O) groups excluding carboxylic acids is 1. The summed E-state index contributed by atoms with van der Waals surface area (Å²) in [6.07, 6.45) is 2.40. The summed E-state index contributed by atoms with van der Waals surface area (Å²) in [5, 5.41) is 12.1. The Bertz CT molecular complexity index is 667. The molecule has 120 valence electrons. The smallest absolute Gasteiger partial charge is 0.261 e. The van der Waals surface area contributed by atoms with E-state index in [1.165, 1.54) is 24.2 Å². The lowest BCUT2D eigenvalue weighted by Gasteiger charge is -2.22. The number of carbonyl (C=O) groups is 1. The van der Waals surface area contributed by atoms with Gasteiger partial charge in [0.05, 0.1) is 10.6 Å². The van der Waals surface area contributed by atoms with Crippen molar-refractivity contribution in [3.8, 4) is 0 Å². The van der Waals surface area contributed by atoms with Crippen LogP contribution >= 0.6 is 11.3 Å². The van der Waals surface area contributed by atoms with Crippen molar-refractivity contribution in [2.24, 2.45) is 13.0 Å². The van der Waals surface area contributed by atoms with Gasteiger partial charge in [-0.25, -0.2) is 0 Å². The lowest BCUT2D eigenvalue weighted by Crippen LogP contribution is -2.37. The zero-order valence-electron chi connectivity index (χ0n) is 13.5. The SMILES string of the molecule is CC(C)c1nn(C)c2sc(C(=O)NCC3CCCNC3)cc12. The number of nitrogens with one attached hydrogen (secondary N) is 2. The number of hydrogen-bond donors (Lipinski definition) is 2. The minimum Gasteiger partial charge on any atom is -0.351 e. The quantitative estimate of drug-likeness (QED) is 0.910. The maximum Gasteiger partial charge on any atom is 0.261 e. The fourth-order valence-electron chi connectivity index (χ4n) is 3.03. The van der Waals surface area contributed by atoms with Crippen LogP contribution in [0.15, 0.2) is 6.07 Å². The number of fused-ring (bicyclic) bond motifs is 1. The minimum absolute atomic E-state index is 0.0430. The van der Waals surface area contributed by atoms with E-state index in [0.29, 0.717) is 11.8 Å². The van der Waals surface area contributed by atoms with Crippen molar-refractivity contribution in [1.82, 2.24) is 20.4 Å². The molecule has 1 aliphatic rings. The molecule has 3 rings (SSSR count). The van der Waals surface area contributed by atoms with E-state index in [4.69, 9.17) is 0 Å². The molecule has 0 spiro atoms. The van der Waals surface area contributed by atoms with Crippen LogP contribution in [-0.4, -0.2) is 35.3 Å². The summed E-state index contributed by atoms with van der Waals surface area (Å²) in [5.74, 6) is 0.962. The normalized spacial score (nSPS) is 19.0. The number of nitrogens with zero attached hydrogens (tertiary/aromatic N) is 2. The number of aryl methyl sites for hydroxylation is 1. The second-order valence-corrected chi connectivity index (χ2v) is 7.45. The second kappa shape index (κ2) is 6.38. The highest BCUT2D eigenvalue weighted by molar-refractivity contribution is 7.20. The summed E-state index contributed by atoms with van der Waals surface area (Å²) in [7, 11) is 1.94. The molecule has 6 heteroatoms. The molecular weight excluding hydrogens is 296 g/mol. The Kier molecular flexibility index (Phi) is 4.49. The van der Waals surface area contributed by atoms with Gasteiger partial charge in [0.2, 0.25) is 0 Å². The Morgan fingerprint density at radius 2 is 2.41 bits per heavy atom. The summed E-state index contributed by atoms with van der Waals surface area (Å²) in [6, 6.07) is 2.00. The molecule has 0 aromatic carbocycles. The molecule has 2 N–H and O–H groups in total. The van der Waals surface area contributed by atoms with Crippen molar-refractivity contribution < 1.29 is 4.79 Å². The third kappa shape index (κ3) is 3.03. The molecule has 1 atom stereocenters. The maximum absolute atomic E-state index is 12.4. The lowest BCUT2D eigenvalue weighted by molar-refractivity contribution is 0.0949. The van der Waals surface area contributed by atoms with Gasteiger partial charge in [0, 0.05) is 19.0 Å². The van der Waals surface area contributed by atoms with E-state index < -0.39 is 0 Å². The van der Waals surface area contributed by atoms with E-state index >= 15 is 0 Å². The van der Waals surface area contributed by atoms with Crippen LogP contribution < -0.4 is 10.6 Å². The average Bonchev–Trinajstić information content (AvgIpc) is 3.07. The van der Waals surface area contributed by atoms with E-state index in [-0.39, 0.29) is 5.91 Å². The summed E-state index contributed by atoms with van der Waals surface area (Å²) in [5.41, 5.74) is 1.07. The highest BCUT2D eigenvalue weighted by Crippen LogP contribution is 2.31. The average molecular weight is 320 g/mol. The number of hydrogen-bond acceptors (Lipinski definition) is 4. The Labute approximate surface area is 135 Å². The first-order valence-electron chi connectivity index (χ1n) is 8.01. The Hall–Kier alpha value is -1.40. The third-order valence-corrected chi connectivity index (χ3v) is 5.46. The van der Waals surface area contributed by atoms with Gasteiger partial charge in [-0.3, -0.25) is 9.48 Å². The van der Waals surface area contributed by atoms with Gasteiger partial charge in [0.25, 0.3) is 5.91 Å². The molecule has 0 saturated carbocycles. The summed E-state index contributed by atoms with van der Waals surface area (Å²) in [4.78, 5) is 14.3. The van der Waals surface area contributed by atoms with E-state index in [0.717, 1.165) is 40.4 Å². The molecule has 3 heterocycles. The van der Waals surface area contributed by atoms with Crippen LogP contribution in [0.5, 0.6) is 0 Å². The van der Waals surface area contributed by atoms with Gasteiger partial charge in [-0.15, -0.1) is 11.3 Å². The predicted molar refractivity (Wildman–Crippen MR) is 90.6 cm³/mol. The van der Waals surface area contributed by atoms with Crippen LogP contribution in [0.1, 0.15) is 48.0 Å². The fraction of sp³-hybridized carbons (Fsp3) is 0.625. The van der Waals surface area contributed by atoms with Crippen molar-refractivity contribution in [2.45, 2.75) is 32.6 Å². The standard InChI is InChI=1S/C16H24N4OS/c1-10(2)14-12-7-13(22-16(12)20(3)19-14)15(21)18-9-11-5-4-6-17-8-11/h7,10-11,17H,4-6,8-9H2,1-3H3,(H,18,21). The number of amides is 1. The van der Waals surface area contributed by atoms with Crippen LogP contribution in [0.4, 0.5) is 0 Å². The lowest BCUT2D eigenvalue weighted by atomic mass is 10.00. The van der Waals surface area contributed by atoms with Crippen molar-refractivity contribution in [1.29, 1.82) is 0 Å². The number of aromatic nitrogens is 2. The molecule has 0 bridgehead atoms. The molecule has 22 heavy (non-hydrogen) atoms. The van der Waals surface area contributed by atoms with Gasteiger partial charge in [-0.05, 0) is 43.8 Å². The van der Waals surface area contributed by atoms with Crippen molar-refractivity contribution in [3.63, 3.8) is 0 Å².